The fraction of sp³-hybridized carbons (Fsp3) is 0.292. The van der Waals surface area contributed by atoms with Crippen molar-refractivity contribution in [3.05, 3.63) is 71.7 Å². The number of ether oxygens (including phenoxy) is 1. The van der Waals surface area contributed by atoms with Gasteiger partial charge in [0.2, 0.25) is 11.9 Å². The predicted octanol–water partition coefficient (Wildman–Crippen LogP) is 2.84. The number of carbonyl (C=O) groups is 2. The zero-order valence-corrected chi connectivity index (χ0v) is 19.9. The minimum atomic E-state index is -0.0292. The van der Waals surface area contributed by atoms with Gasteiger partial charge in [-0.05, 0) is 17.2 Å². The highest BCUT2D eigenvalue weighted by molar-refractivity contribution is 6.32. The lowest BCUT2D eigenvalue weighted by Gasteiger charge is -2.26. The first-order chi connectivity index (χ1) is 17.0. The van der Waals surface area contributed by atoms with E-state index in [2.05, 4.69) is 32.3 Å². The van der Waals surface area contributed by atoms with Crippen LogP contribution < -0.4 is 10.6 Å². The lowest BCUT2D eigenvalue weighted by molar-refractivity contribution is -0.136. The van der Waals surface area contributed by atoms with Crippen LogP contribution in [0.25, 0.3) is 0 Å². The minimum absolute atomic E-state index is 0.00453. The van der Waals surface area contributed by atoms with E-state index in [0.29, 0.717) is 61.7 Å². The molecule has 35 heavy (non-hydrogen) atoms. The Morgan fingerprint density at radius 3 is 2.80 bits per heavy atom. The monoisotopic (exact) mass is 495 g/mol. The molecule has 3 aromatic rings. The van der Waals surface area contributed by atoms with Crippen molar-refractivity contribution in [1.29, 1.82) is 0 Å². The fourth-order valence-corrected chi connectivity index (χ4v) is 3.71. The topological polar surface area (TPSA) is 114 Å². The number of amides is 1. The number of anilines is 3. The summed E-state index contributed by atoms with van der Waals surface area (Å²) in [5, 5.41) is 10.9. The number of rotatable bonds is 10. The van der Waals surface area contributed by atoms with Gasteiger partial charge in [0.25, 0.3) is 0 Å². The fourth-order valence-electron chi connectivity index (χ4n) is 3.56. The van der Waals surface area contributed by atoms with Crippen LogP contribution >= 0.6 is 11.6 Å². The molecule has 11 heteroatoms. The molecule has 0 spiro atoms. The van der Waals surface area contributed by atoms with Crippen molar-refractivity contribution in [3.63, 3.8) is 0 Å². The van der Waals surface area contributed by atoms with Gasteiger partial charge in [-0.3, -0.25) is 14.3 Å². The van der Waals surface area contributed by atoms with Gasteiger partial charge < -0.3 is 20.3 Å². The number of halogens is 1. The molecule has 0 radical (unpaired) electrons. The first kappa shape index (κ1) is 24.4. The molecule has 0 unspecified atom stereocenters. The Morgan fingerprint density at radius 2 is 2.00 bits per heavy atom. The largest absolute Gasteiger partial charge is 0.378 e. The molecule has 0 saturated carbocycles. The van der Waals surface area contributed by atoms with Crippen molar-refractivity contribution in [2.45, 2.75) is 19.5 Å². The molecule has 1 saturated heterocycles. The molecule has 1 fully saturated rings. The molecule has 1 aliphatic heterocycles. The Bertz CT molecular complexity index is 1210. The van der Waals surface area contributed by atoms with Gasteiger partial charge in [0, 0.05) is 32.3 Å². The van der Waals surface area contributed by atoms with Gasteiger partial charge >= 0.3 is 0 Å². The van der Waals surface area contributed by atoms with Gasteiger partial charge in [0.1, 0.15) is 11.6 Å². The summed E-state index contributed by atoms with van der Waals surface area (Å²) >= 11 is 6.28. The number of morpholine rings is 1. The van der Waals surface area contributed by atoms with E-state index in [0.717, 1.165) is 11.1 Å². The van der Waals surface area contributed by atoms with Crippen molar-refractivity contribution in [2.75, 3.05) is 36.9 Å². The maximum atomic E-state index is 12.4. The van der Waals surface area contributed by atoms with Crippen molar-refractivity contribution in [2.24, 2.45) is 0 Å². The Morgan fingerprint density at radius 1 is 1.20 bits per heavy atom. The third kappa shape index (κ3) is 6.87. The van der Waals surface area contributed by atoms with Crippen LogP contribution in [0, 0.1) is 0 Å². The standard InChI is InChI=1S/C24H26ClN7O3/c1-2-20(33)11-17-4-3-5-18(10-17)12-26-23-21(25)14-27-24(30-23)29-19-13-28-32(15-19)16-22(34)31-6-8-35-9-7-31/h2-5,10,13-15H,1,6-9,11-12,16H2,(H2,26,27,29,30). The van der Waals surface area contributed by atoms with Crippen LogP contribution in [0.3, 0.4) is 0 Å². The predicted molar refractivity (Wildman–Crippen MR) is 133 cm³/mol. The highest BCUT2D eigenvalue weighted by atomic mass is 35.5. The summed E-state index contributed by atoms with van der Waals surface area (Å²) in [5.41, 5.74) is 2.54. The molecule has 1 amide bonds. The molecule has 182 valence electrons. The molecule has 0 bridgehead atoms. The van der Waals surface area contributed by atoms with Gasteiger partial charge in [-0.25, -0.2) is 4.98 Å². The lowest BCUT2D eigenvalue weighted by Crippen LogP contribution is -2.42. The van der Waals surface area contributed by atoms with Gasteiger partial charge in [-0.2, -0.15) is 10.1 Å². The summed E-state index contributed by atoms with van der Waals surface area (Å²) in [6, 6.07) is 7.71. The van der Waals surface area contributed by atoms with E-state index in [-0.39, 0.29) is 18.2 Å². The van der Waals surface area contributed by atoms with Gasteiger partial charge in [-0.1, -0.05) is 42.4 Å². The first-order valence-electron chi connectivity index (χ1n) is 11.1. The van der Waals surface area contributed by atoms with Crippen molar-refractivity contribution >= 4 is 40.7 Å². The Balaban J connectivity index is 1.36. The maximum Gasteiger partial charge on any atom is 0.244 e. The van der Waals surface area contributed by atoms with Crippen LogP contribution in [0.1, 0.15) is 11.1 Å². The third-order valence-corrected chi connectivity index (χ3v) is 5.63. The average Bonchev–Trinajstić information content (AvgIpc) is 3.31. The summed E-state index contributed by atoms with van der Waals surface area (Å²) in [6.45, 7) is 6.43. The molecule has 4 rings (SSSR count). The SMILES string of the molecule is C=CC(=O)Cc1cccc(CNc2nc(Nc3cnn(CC(=O)N4CCOCC4)c3)ncc2Cl)c1. The molecule has 2 N–H and O–H groups in total. The second-order valence-electron chi connectivity index (χ2n) is 7.96. The number of nitrogens with zero attached hydrogens (tertiary/aromatic N) is 5. The quantitative estimate of drug-likeness (QED) is 0.413. The smallest absolute Gasteiger partial charge is 0.244 e. The van der Waals surface area contributed by atoms with Crippen molar-refractivity contribution < 1.29 is 14.3 Å². The van der Waals surface area contributed by atoms with E-state index >= 15 is 0 Å². The number of benzene rings is 1. The molecular weight excluding hydrogens is 470 g/mol. The molecule has 10 nitrogen and oxygen atoms in total. The summed E-state index contributed by atoms with van der Waals surface area (Å²) in [6.07, 6.45) is 6.47. The van der Waals surface area contributed by atoms with E-state index in [1.807, 2.05) is 24.3 Å². The number of aromatic nitrogens is 4. The Hall–Kier alpha value is -3.76. The van der Waals surface area contributed by atoms with Crippen LogP contribution in [-0.4, -0.2) is 62.6 Å². The lowest BCUT2D eigenvalue weighted by atomic mass is 10.1. The number of nitrogens with one attached hydrogen (secondary N) is 2. The number of hydrogen-bond donors (Lipinski definition) is 2. The summed E-state index contributed by atoms with van der Waals surface area (Å²) in [5.74, 6) is 0.765. The van der Waals surface area contributed by atoms with Gasteiger partial charge in [-0.15, -0.1) is 0 Å². The van der Waals surface area contributed by atoms with Crippen LogP contribution in [-0.2, 0) is 33.8 Å². The van der Waals surface area contributed by atoms with E-state index in [1.54, 1.807) is 22.0 Å². The maximum absolute atomic E-state index is 12.4. The van der Waals surface area contributed by atoms with Crippen LogP contribution in [0.2, 0.25) is 5.02 Å². The molecule has 1 aliphatic rings. The van der Waals surface area contributed by atoms with Crippen LogP contribution in [0.5, 0.6) is 0 Å². The Labute approximate surface area is 208 Å². The number of allylic oxidation sites excluding steroid dienone is 1. The number of ketones is 1. The zero-order chi connectivity index (χ0) is 24.6. The molecule has 2 aromatic heterocycles. The van der Waals surface area contributed by atoms with E-state index in [1.165, 1.54) is 12.3 Å². The normalized spacial score (nSPS) is 13.3. The molecule has 1 aromatic carbocycles. The van der Waals surface area contributed by atoms with Crippen LogP contribution in [0.15, 0.2) is 55.5 Å². The second-order valence-corrected chi connectivity index (χ2v) is 8.36. The van der Waals surface area contributed by atoms with Gasteiger partial charge in [0.15, 0.2) is 11.6 Å². The van der Waals surface area contributed by atoms with Gasteiger partial charge in [0.05, 0.1) is 31.3 Å². The number of carbonyl (C=O) groups excluding carboxylic acids is 2. The second kappa shape index (κ2) is 11.6. The Kier molecular flexibility index (Phi) is 8.07. The third-order valence-electron chi connectivity index (χ3n) is 5.35. The molecule has 0 atom stereocenters. The van der Waals surface area contributed by atoms with E-state index in [4.69, 9.17) is 16.3 Å². The minimum Gasteiger partial charge on any atom is -0.378 e. The highest BCUT2D eigenvalue weighted by Gasteiger charge is 2.17. The summed E-state index contributed by atoms with van der Waals surface area (Å²) in [4.78, 5) is 34.5. The summed E-state index contributed by atoms with van der Waals surface area (Å²) in [7, 11) is 0. The summed E-state index contributed by atoms with van der Waals surface area (Å²) < 4.78 is 6.85. The van der Waals surface area contributed by atoms with E-state index < -0.39 is 0 Å². The molecular formula is C24H26ClN7O3. The highest BCUT2D eigenvalue weighted by Crippen LogP contribution is 2.22. The molecule has 0 aliphatic carbocycles. The van der Waals surface area contributed by atoms with Crippen molar-refractivity contribution in [1.82, 2.24) is 24.6 Å². The van der Waals surface area contributed by atoms with Crippen molar-refractivity contribution in [3.8, 4) is 0 Å². The number of hydrogen-bond acceptors (Lipinski definition) is 8. The first-order valence-corrected chi connectivity index (χ1v) is 11.5. The average molecular weight is 496 g/mol. The molecule has 3 heterocycles. The van der Waals surface area contributed by atoms with Crippen LogP contribution in [0.4, 0.5) is 17.5 Å². The van der Waals surface area contributed by atoms with E-state index in [9.17, 15) is 9.59 Å². The zero-order valence-electron chi connectivity index (χ0n) is 19.1.